The van der Waals surface area contributed by atoms with Gasteiger partial charge in [0.05, 0.1) is 18.8 Å². The summed E-state index contributed by atoms with van der Waals surface area (Å²) in [5.41, 5.74) is 6.56. The quantitative estimate of drug-likeness (QED) is 0.819. The Morgan fingerprint density at radius 2 is 2.39 bits per heavy atom. The molecule has 5 heteroatoms. The zero-order chi connectivity index (χ0) is 12.5. The number of thiocarbonyl (C=S) groups is 1. The molecule has 0 amide bonds. The molecular weight excluding hydrogens is 246 g/mol. The van der Waals surface area contributed by atoms with E-state index in [1.54, 1.807) is 6.20 Å². The molecule has 0 bridgehead atoms. The van der Waals surface area contributed by atoms with E-state index in [9.17, 15) is 0 Å². The van der Waals surface area contributed by atoms with E-state index in [4.69, 9.17) is 22.7 Å². The highest BCUT2D eigenvalue weighted by Gasteiger charge is 2.36. The van der Waals surface area contributed by atoms with Gasteiger partial charge in [0.1, 0.15) is 10.8 Å². The highest BCUT2D eigenvalue weighted by molar-refractivity contribution is 7.80. The first-order valence-corrected chi connectivity index (χ1v) is 6.80. The van der Waals surface area contributed by atoms with Gasteiger partial charge < -0.3 is 15.4 Å². The summed E-state index contributed by atoms with van der Waals surface area (Å²) in [4.78, 5) is 7.24. The lowest BCUT2D eigenvalue weighted by Crippen LogP contribution is -2.49. The SMILES string of the molecule is NC(=S)c1ccnc(N2CCOC3CCCC32)c1. The predicted molar refractivity (Wildman–Crippen MR) is 74.8 cm³/mol. The third-order valence-electron chi connectivity index (χ3n) is 3.81. The Bertz CT molecular complexity index is 465. The zero-order valence-corrected chi connectivity index (χ0v) is 11.0. The van der Waals surface area contributed by atoms with Crippen molar-refractivity contribution in [2.24, 2.45) is 5.73 Å². The molecule has 1 saturated heterocycles. The van der Waals surface area contributed by atoms with E-state index in [1.165, 1.54) is 12.8 Å². The van der Waals surface area contributed by atoms with Crippen LogP contribution in [0.15, 0.2) is 18.3 Å². The van der Waals surface area contributed by atoms with Crippen LogP contribution in [-0.2, 0) is 4.74 Å². The molecule has 2 atom stereocenters. The van der Waals surface area contributed by atoms with Crippen molar-refractivity contribution < 1.29 is 4.74 Å². The summed E-state index contributed by atoms with van der Waals surface area (Å²) in [5.74, 6) is 0.973. The molecule has 1 saturated carbocycles. The van der Waals surface area contributed by atoms with Gasteiger partial charge in [0, 0.05) is 18.3 Å². The van der Waals surface area contributed by atoms with E-state index in [1.807, 2.05) is 12.1 Å². The summed E-state index contributed by atoms with van der Waals surface area (Å²) < 4.78 is 5.81. The molecule has 0 radical (unpaired) electrons. The fourth-order valence-corrected chi connectivity index (χ4v) is 3.07. The molecule has 2 N–H and O–H groups in total. The largest absolute Gasteiger partial charge is 0.389 e. The molecule has 0 spiro atoms. The molecule has 0 aromatic carbocycles. The topological polar surface area (TPSA) is 51.4 Å². The highest BCUT2D eigenvalue weighted by atomic mass is 32.1. The van der Waals surface area contributed by atoms with Gasteiger partial charge >= 0.3 is 0 Å². The van der Waals surface area contributed by atoms with Crippen LogP contribution in [0.1, 0.15) is 24.8 Å². The number of pyridine rings is 1. The van der Waals surface area contributed by atoms with Gasteiger partial charge in [0.15, 0.2) is 0 Å². The van der Waals surface area contributed by atoms with Crippen molar-refractivity contribution in [3.05, 3.63) is 23.9 Å². The summed E-state index contributed by atoms with van der Waals surface area (Å²) in [5, 5.41) is 0. The maximum atomic E-state index is 5.81. The van der Waals surface area contributed by atoms with Gasteiger partial charge in [-0.25, -0.2) is 4.98 Å². The Morgan fingerprint density at radius 1 is 1.50 bits per heavy atom. The van der Waals surface area contributed by atoms with Crippen molar-refractivity contribution in [3.63, 3.8) is 0 Å². The van der Waals surface area contributed by atoms with Crippen LogP contribution in [0.2, 0.25) is 0 Å². The number of hydrogen-bond acceptors (Lipinski definition) is 4. The molecule has 2 fully saturated rings. The van der Waals surface area contributed by atoms with Gasteiger partial charge in [-0.1, -0.05) is 12.2 Å². The van der Waals surface area contributed by atoms with Gasteiger partial charge in [-0.2, -0.15) is 0 Å². The molecule has 18 heavy (non-hydrogen) atoms. The van der Waals surface area contributed by atoms with E-state index in [2.05, 4.69) is 9.88 Å². The number of nitrogens with zero attached hydrogens (tertiary/aromatic N) is 2. The average molecular weight is 263 g/mol. The molecule has 1 aliphatic carbocycles. The van der Waals surface area contributed by atoms with Gasteiger partial charge in [-0.15, -0.1) is 0 Å². The molecule has 2 heterocycles. The fourth-order valence-electron chi connectivity index (χ4n) is 2.94. The minimum atomic E-state index is 0.369. The first-order valence-electron chi connectivity index (χ1n) is 6.40. The van der Waals surface area contributed by atoms with Crippen LogP contribution in [0.5, 0.6) is 0 Å². The summed E-state index contributed by atoms with van der Waals surface area (Å²) in [7, 11) is 0. The summed E-state index contributed by atoms with van der Waals surface area (Å²) in [6, 6.07) is 4.31. The molecule has 3 rings (SSSR count). The van der Waals surface area contributed by atoms with E-state index in [0.29, 0.717) is 17.1 Å². The van der Waals surface area contributed by atoms with Crippen LogP contribution >= 0.6 is 12.2 Å². The van der Waals surface area contributed by atoms with Gasteiger partial charge in [-0.05, 0) is 31.4 Å². The van der Waals surface area contributed by atoms with Crippen LogP contribution in [0, 0.1) is 0 Å². The number of hydrogen-bond donors (Lipinski definition) is 1. The van der Waals surface area contributed by atoms with E-state index >= 15 is 0 Å². The Balaban J connectivity index is 1.89. The van der Waals surface area contributed by atoms with Crippen molar-refractivity contribution >= 4 is 23.0 Å². The summed E-state index contributed by atoms with van der Waals surface area (Å²) in [6.07, 6.45) is 5.73. The number of aromatic nitrogens is 1. The normalized spacial score (nSPS) is 27.0. The van der Waals surface area contributed by atoms with Crippen molar-refractivity contribution in [3.8, 4) is 0 Å². The smallest absolute Gasteiger partial charge is 0.129 e. The molecule has 2 unspecified atom stereocenters. The van der Waals surface area contributed by atoms with Crippen molar-refractivity contribution in [2.45, 2.75) is 31.4 Å². The van der Waals surface area contributed by atoms with Gasteiger partial charge in [0.25, 0.3) is 0 Å². The second-order valence-electron chi connectivity index (χ2n) is 4.87. The van der Waals surface area contributed by atoms with Crippen LogP contribution < -0.4 is 10.6 Å². The zero-order valence-electron chi connectivity index (χ0n) is 10.2. The summed E-state index contributed by atoms with van der Waals surface area (Å²) in [6.45, 7) is 1.68. The lowest BCUT2D eigenvalue weighted by Gasteiger charge is -2.38. The third kappa shape index (κ3) is 2.08. The lowest BCUT2D eigenvalue weighted by atomic mass is 10.1. The van der Waals surface area contributed by atoms with E-state index in [-0.39, 0.29) is 0 Å². The Morgan fingerprint density at radius 3 is 3.22 bits per heavy atom. The molecule has 96 valence electrons. The second-order valence-corrected chi connectivity index (χ2v) is 5.31. The first-order chi connectivity index (χ1) is 8.75. The first kappa shape index (κ1) is 11.9. The van der Waals surface area contributed by atoms with Crippen molar-refractivity contribution in [1.29, 1.82) is 0 Å². The molecular formula is C13H17N3OS. The van der Waals surface area contributed by atoms with E-state index in [0.717, 1.165) is 31.0 Å². The average Bonchev–Trinajstić information content (AvgIpc) is 2.87. The minimum Gasteiger partial charge on any atom is -0.389 e. The molecule has 1 aromatic heterocycles. The maximum Gasteiger partial charge on any atom is 0.129 e. The predicted octanol–water partition coefficient (Wildman–Crippen LogP) is 1.47. The number of anilines is 1. The summed E-state index contributed by atoms with van der Waals surface area (Å²) >= 11 is 5.02. The monoisotopic (exact) mass is 263 g/mol. The maximum absolute atomic E-state index is 5.81. The number of ether oxygens (including phenoxy) is 1. The van der Waals surface area contributed by atoms with Crippen LogP contribution in [0.3, 0.4) is 0 Å². The molecule has 4 nitrogen and oxygen atoms in total. The van der Waals surface area contributed by atoms with Crippen LogP contribution in [-0.4, -0.2) is 35.3 Å². The van der Waals surface area contributed by atoms with Crippen LogP contribution in [0.4, 0.5) is 5.82 Å². The highest BCUT2D eigenvalue weighted by Crippen LogP contribution is 2.32. The molecule has 2 aliphatic rings. The number of rotatable bonds is 2. The van der Waals surface area contributed by atoms with Crippen LogP contribution in [0.25, 0.3) is 0 Å². The Hall–Kier alpha value is -1.20. The lowest BCUT2D eigenvalue weighted by molar-refractivity contribution is 0.0253. The standard InChI is InChI=1S/C13H17N3OS/c14-13(18)9-4-5-15-12(8-9)16-6-7-17-11-3-1-2-10(11)16/h4-5,8,10-11H,1-3,6-7H2,(H2,14,18). The number of nitrogens with two attached hydrogens (primary N) is 1. The van der Waals surface area contributed by atoms with E-state index < -0.39 is 0 Å². The van der Waals surface area contributed by atoms with Crippen molar-refractivity contribution in [2.75, 3.05) is 18.1 Å². The van der Waals surface area contributed by atoms with Gasteiger partial charge in [-0.3, -0.25) is 0 Å². The number of morpholine rings is 1. The molecule has 1 aliphatic heterocycles. The fraction of sp³-hybridized carbons (Fsp3) is 0.538. The van der Waals surface area contributed by atoms with Gasteiger partial charge in [0.2, 0.25) is 0 Å². The van der Waals surface area contributed by atoms with Crippen molar-refractivity contribution in [1.82, 2.24) is 4.98 Å². The minimum absolute atomic E-state index is 0.369. The molecule has 1 aromatic rings. The Kier molecular flexibility index (Phi) is 3.18. The third-order valence-corrected chi connectivity index (χ3v) is 4.04. The second kappa shape index (κ2) is 4.82. The number of fused-ring (bicyclic) bond motifs is 1. The Labute approximate surface area is 112 Å².